The van der Waals surface area contributed by atoms with Crippen molar-refractivity contribution in [3.8, 4) is 11.1 Å². The second-order valence-electron chi connectivity index (χ2n) is 5.78. The highest BCUT2D eigenvalue weighted by atomic mass is 35.5. The Kier molecular flexibility index (Phi) is 3.79. The normalized spacial score (nSPS) is 21.1. The van der Waals surface area contributed by atoms with Crippen molar-refractivity contribution in [1.29, 1.82) is 0 Å². The van der Waals surface area contributed by atoms with Gasteiger partial charge in [-0.2, -0.15) is 0 Å². The van der Waals surface area contributed by atoms with E-state index in [-0.39, 0.29) is 5.54 Å². The molecule has 0 saturated carbocycles. The van der Waals surface area contributed by atoms with Gasteiger partial charge in [0.2, 0.25) is 0 Å². The largest absolute Gasteiger partial charge is 0.370 e. The van der Waals surface area contributed by atoms with Crippen molar-refractivity contribution in [2.75, 3.05) is 13.6 Å². The monoisotopic (exact) mass is 333 g/mol. The number of guanidine groups is 1. The highest BCUT2D eigenvalue weighted by Gasteiger charge is 2.34. The molecule has 0 aromatic heterocycles. The lowest BCUT2D eigenvalue weighted by Gasteiger charge is -2.23. The van der Waals surface area contributed by atoms with Gasteiger partial charge in [0.1, 0.15) is 5.54 Å². The van der Waals surface area contributed by atoms with Gasteiger partial charge < -0.3 is 10.6 Å². The summed E-state index contributed by atoms with van der Waals surface area (Å²) in [7, 11) is 1.95. The maximum Gasteiger partial charge on any atom is 0.192 e. The van der Waals surface area contributed by atoms with Gasteiger partial charge >= 0.3 is 0 Å². The van der Waals surface area contributed by atoms with E-state index >= 15 is 0 Å². The van der Waals surface area contributed by atoms with E-state index in [0.717, 1.165) is 23.2 Å². The predicted molar refractivity (Wildman–Crippen MR) is 93.5 cm³/mol. The molecular formula is C17H17Cl2N3. The third kappa shape index (κ3) is 2.55. The molecule has 2 aromatic rings. The minimum Gasteiger partial charge on any atom is -0.370 e. The van der Waals surface area contributed by atoms with E-state index in [1.165, 1.54) is 0 Å². The van der Waals surface area contributed by atoms with Crippen molar-refractivity contribution in [2.24, 2.45) is 10.7 Å². The first-order valence-electron chi connectivity index (χ1n) is 7.02. The predicted octanol–water partition coefficient (Wildman–Crippen LogP) is 4.14. The molecule has 5 heteroatoms. The average Bonchev–Trinajstić information content (AvgIpc) is 2.76. The van der Waals surface area contributed by atoms with Crippen molar-refractivity contribution < 1.29 is 0 Å². The summed E-state index contributed by atoms with van der Waals surface area (Å²) >= 11 is 12.5. The van der Waals surface area contributed by atoms with Crippen LogP contribution >= 0.6 is 23.2 Å². The minimum atomic E-state index is -0.347. The molecule has 1 aliphatic heterocycles. The molecule has 1 aliphatic rings. The molecule has 1 atom stereocenters. The minimum absolute atomic E-state index is 0.347. The number of hydrogen-bond donors (Lipinski definition) is 1. The fourth-order valence-corrected chi connectivity index (χ4v) is 3.23. The van der Waals surface area contributed by atoms with Gasteiger partial charge in [0.05, 0.1) is 10.0 Å². The molecule has 3 rings (SSSR count). The highest BCUT2D eigenvalue weighted by molar-refractivity contribution is 6.43. The molecule has 22 heavy (non-hydrogen) atoms. The molecule has 2 aromatic carbocycles. The second kappa shape index (κ2) is 5.49. The van der Waals surface area contributed by atoms with Crippen LogP contribution in [0.15, 0.2) is 47.5 Å². The van der Waals surface area contributed by atoms with Crippen LogP contribution in [0.2, 0.25) is 10.0 Å². The Balaban J connectivity index is 2.06. The summed E-state index contributed by atoms with van der Waals surface area (Å²) in [5, 5.41) is 1.12. The first kappa shape index (κ1) is 15.2. The SMILES string of the molecule is CN1CC(C)(c2cccc(-c3cccc(Cl)c3Cl)c2)N=C1N. The van der Waals surface area contributed by atoms with Crippen LogP contribution < -0.4 is 5.73 Å². The van der Waals surface area contributed by atoms with Crippen LogP contribution in [-0.2, 0) is 5.54 Å². The number of nitrogens with two attached hydrogens (primary N) is 1. The van der Waals surface area contributed by atoms with Gasteiger partial charge in [-0.05, 0) is 30.2 Å². The van der Waals surface area contributed by atoms with Crippen LogP contribution in [0.5, 0.6) is 0 Å². The summed E-state index contributed by atoms with van der Waals surface area (Å²) in [6.07, 6.45) is 0. The first-order valence-corrected chi connectivity index (χ1v) is 7.78. The Hall–Kier alpha value is -1.71. The van der Waals surface area contributed by atoms with Gasteiger partial charge in [-0.25, -0.2) is 4.99 Å². The zero-order chi connectivity index (χ0) is 15.9. The molecule has 0 aliphatic carbocycles. The lowest BCUT2D eigenvalue weighted by Crippen LogP contribution is -2.32. The Bertz CT molecular complexity index is 757. The fraction of sp³-hybridized carbons (Fsp3) is 0.235. The Morgan fingerprint density at radius 3 is 2.59 bits per heavy atom. The van der Waals surface area contributed by atoms with Gasteiger partial charge in [0, 0.05) is 19.2 Å². The Morgan fingerprint density at radius 1 is 1.18 bits per heavy atom. The topological polar surface area (TPSA) is 41.6 Å². The van der Waals surface area contributed by atoms with Crippen LogP contribution in [0.25, 0.3) is 11.1 Å². The summed E-state index contributed by atoms with van der Waals surface area (Å²) in [4.78, 5) is 6.57. The molecule has 0 saturated heterocycles. The molecule has 3 nitrogen and oxygen atoms in total. The number of rotatable bonds is 2. The number of nitrogens with zero attached hydrogens (tertiary/aromatic N) is 2. The van der Waals surface area contributed by atoms with Gasteiger partial charge in [0.15, 0.2) is 5.96 Å². The standard InChI is InChI=1S/C17H17Cl2N3/c1-17(10-22(2)16(20)21-17)12-6-3-5-11(9-12)13-7-4-8-14(18)15(13)19/h3-9H,10H2,1-2H3,(H2,20,21). The van der Waals surface area contributed by atoms with Gasteiger partial charge in [-0.1, -0.05) is 53.5 Å². The van der Waals surface area contributed by atoms with E-state index in [2.05, 4.69) is 24.0 Å². The molecule has 0 spiro atoms. The van der Waals surface area contributed by atoms with E-state index in [0.29, 0.717) is 16.0 Å². The molecule has 0 radical (unpaired) electrons. The number of hydrogen-bond acceptors (Lipinski definition) is 3. The molecular weight excluding hydrogens is 317 g/mol. The van der Waals surface area contributed by atoms with E-state index in [1.807, 2.05) is 36.2 Å². The number of likely N-dealkylation sites (N-methyl/N-ethyl adjacent to an activating group) is 1. The molecule has 114 valence electrons. The van der Waals surface area contributed by atoms with Gasteiger partial charge in [0.25, 0.3) is 0 Å². The third-order valence-corrected chi connectivity index (χ3v) is 4.86. The summed E-state index contributed by atoms with van der Waals surface area (Å²) in [6.45, 7) is 2.84. The molecule has 0 amide bonds. The molecule has 2 N–H and O–H groups in total. The molecule has 1 heterocycles. The van der Waals surface area contributed by atoms with Crippen molar-refractivity contribution >= 4 is 29.2 Å². The van der Waals surface area contributed by atoms with Crippen LogP contribution in [0.3, 0.4) is 0 Å². The third-order valence-electron chi connectivity index (χ3n) is 4.04. The van der Waals surface area contributed by atoms with E-state index in [1.54, 1.807) is 6.07 Å². The maximum absolute atomic E-state index is 6.33. The summed E-state index contributed by atoms with van der Waals surface area (Å²) in [5.74, 6) is 0.564. The summed E-state index contributed by atoms with van der Waals surface area (Å²) < 4.78 is 0. The van der Waals surface area contributed by atoms with Crippen molar-refractivity contribution in [1.82, 2.24) is 4.90 Å². The maximum atomic E-state index is 6.33. The van der Waals surface area contributed by atoms with Crippen LogP contribution in [0.4, 0.5) is 0 Å². The Morgan fingerprint density at radius 2 is 1.91 bits per heavy atom. The highest BCUT2D eigenvalue weighted by Crippen LogP contribution is 2.37. The zero-order valence-electron chi connectivity index (χ0n) is 12.5. The first-order chi connectivity index (χ1) is 10.4. The number of aliphatic imine (C=N–C) groups is 1. The molecule has 0 bridgehead atoms. The summed E-state index contributed by atoms with van der Waals surface area (Å²) in [5.41, 5.74) is 8.62. The van der Waals surface area contributed by atoms with E-state index in [9.17, 15) is 0 Å². The van der Waals surface area contributed by atoms with Crippen LogP contribution in [0, 0.1) is 0 Å². The molecule has 0 fully saturated rings. The van der Waals surface area contributed by atoms with Crippen molar-refractivity contribution in [3.05, 3.63) is 58.1 Å². The van der Waals surface area contributed by atoms with Crippen molar-refractivity contribution in [2.45, 2.75) is 12.5 Å². The van der Waals surface area contributed by atoms with Crippen molar-refractivity contribution in [3.63, 3.8) is 0 Å². The summed E-state index contributed by atoms with van der Waals surface area (Å²) in [6, 6.07) is 13.9. The Labute approximate surface area is 140 Å². The van der Waals surface area contributed by atoms with Crippen LogP contribution in [0.1, 0.15) is 12.5 Å². The number of benzene rings is 2. The average molecular weight is 334 g/mol. The van der Waals surface area contributed by atoms with Gasteiger partial charge in [-0.3, -0.25) is 0 Å². The van der Waals surface area contributed by atoms with Crippen LogP contribution in [-0.4, -0.2) is 24.5 Å². The smallest absolute Gasteiger partial charge is 0.192 e. The number of halogens is 2. The van der Waals surface area contributed by atoms with Gasteiger partial charge in [-0.15, -0.1) is 0 Å². The lowest BCUT2D eigenvalue weighted by molar-refractivity contribution is 0.409. The zero-order valence-corrected chi connectivity index (χ0v) is 14.0. The van der Waals surface area contributed by atoms with E-state index in [4.69, 9.17) is 28.9 Å². The van der Waals surface area contributed by atoms with E-state index < -0.39 is 0 Å². The lowest BCUT2D eigenvalue weighted by atomic mass is 9.90. The quantitative estimate of drug-likeness (QED) is 0.897. The fourth-order valence-electron chi connectivity index (χ4n) is 2.82. The molecule has 1 unspecified atom stereocenters. The second-order valence-corrected chi connectivity index (χ2v) is 6.57.